The van der Waals surface area contributed by atoms with Crippen LogP contribution in [0, 0.1) is 0 Å². The third-order valence-corrected chi connectivity index (χ3v) is 26.4. The summed E-state index contributed by atoms with van der Waals surface area (Å²) in [6.07, 6.45) is 0. The molecule has 7 nitrogen and oxygen atoms in total. The second-order valence-corrected chi connectivity index (χ2v) is 24.6. The molecule has 38 heavy (non-hydrogen) atoms. The minimum absolute atomic E-state index is 0.683. The third kappa shape index (κ3) is 5.40. The van der Waals surface area contributed by atoms with Crippen LogP contribution in [-0.4, -0.2) is 84.6 Å². The molecule has 1 aromatic heterocycles. The van der Waals surface area contributed by atoms with Crippen molar-refractivity contribution in [1.82, 2.24) is 15.0 Å². The van der Waals surface area contributed by atoms with Crippen molar-refractivity contribution < 1.29 is 9.47 Å². The summed E-state index contributed by atoms with van der Waals surface area (Å²) in [6.45, 7) is 5.85. The van der Waals surface area contributed by atoms with E-state index in [1.54, 1.807) is 0 Å². The Morgan fingerprint density at radius 3 is 1.26 bits per heavy atom. The van der Waals surface area contributed by atoms with Crippen LogP contribution in [0.25, 0.3) is 0 Å². The molecule has 9 heteroatoms. The third-order valence-electron chi connectivity index (χ3n) is 6.96. The Balaban J connectivity index is 1.52. The molecule has 0 radical (unpaired) electrons. The number of ether oxygens (including phenoxy) is 2. The standard InChI is InChI=1S/C11H17N5O2S.3C6H5.Sn/c19-11-13-9(15-1-5-17-6-2-15)12-10(14-11)16-3-7-18-8-4-16;3*1-2-4-6-5-3-1;/h1-8H2,(H,12,13,14,19);3*1-5H;/q;;;;+1/p-1. The van der Waals surface area contributed by atoms with Crippen molar-refractivity contribution >= 4 is 48.6 Å². The molecule has 0 N–H and O–H groups in total. The SMILES string of the molecule is c1cc[c]([Sn]([S]c2nc(N3CCOCC3)nc(N3CCOCC3)n2)([c]2ccccc2)[c]2ccccc2)cc1. The van der Waals surface area contributed by atoms with Crippen molar-refractivity contribution in [3.05, 3.63) is 91.0 Å². The number of aromatic nitrogens is 3. The topological polar surface area (TPSA) is 63.6 Å². The molecule has 0 atom stereocenters. The first-order chi connectivity index (χ1) is 18.8. The maximum absolute atomic E-state index is 5.62. The van der Waals surface area contributed by atoms with Gasteiger partial charge in [-0.05, 0) is 0 Å². The number of hydrogen-bond acceptors (Lipinski definition) is 8. The Kier molecular flexibility index (Phi) is 8.10. The number of anilines is 2. The van der Waals surface area contributed by atoms with Gasteiger partial charge in [0.1, 0.15) is 0 Å². The second kappa shape index (κ2) is 12.0. The van der Waals surface area contributed by atoms with Gasteiger partial charge in [0, 0.05) is 0 Å². The zero-order chi connectivity index (χ0) is 25.6. The van der Waals surface area contributed by atoms with E-state index in [4.69, 9.17) is 24.4 Å². The summed E-state index contributed by atoms with van der Waals surface area (Å²) in [5.74, 6) is 1.48. The van der Waals surface area contributed by atoms with E-state index in [0.29, 0.717) is 26.4 Å². The van der Waals surface area contributed by atoms with Gasteiger partial charge in [0.15, 0.2) is 0 Å². The van der Waals surface area contributed by atoms with Crippen LogP contribution in [0.3, 0.4) is 0 Å². The molecule has 0 unspecified atom stereocenters. The second-order valence-electron chi connectivity index (χ2n) is 9.30. The summed E-state index contributed by atoms with van der Waals surface area (Å²) in [5.41, 5.74) is 0. The Morgan fingerprint density at radius 2 is 0.895 bits per heavy atom. The molecule has 3 aromatic carbocycles. The average Bonchev–Trinajstić information content (AvgIpc) is 3.02. The number of benzene rings is 3. The maximum atomic E-state index is 5.62. The van der Waals surface area contributed by atoms with Crippen molar-refractivity contribution in [3.63, 3.8) is 0 Å². The molecule has 3 heterocycles. The average molecular weight is 632 g/mol. The van der Waals surface area contributed by atoms with Crippen molar-refractivity contribution in [1.29, 1.82) is 0 Å². The fraction of sp³-hybridized carbons (Fsp3) is 0.276. The van der Waals surface area contributed by atoms with Gasteiger partial charge in [0.2, 0.25) is 0 Å². The van der Waals surface area contributed by atoms with Gasteiger partial charge < -0.3 is 0 Å². The van der Waals surface area contributed by atoms with E-state index in [1.165, 1.54) is 10.7 Å². The van der Waals surface area contributed by atoms with Gasteiger partial charge in [0.05, 0.1) is 0 Å². The molecule has 194 valence electrons. The predicted molar refractivity (Wildman–Crippen MR) is 156 cm³/mol. The van der Waals surface area contributed by atoms with Crippen LogP contribution in [-0.2, 0) is 9.47 Å². The quantitative estimate of drug-likeness (QED) is 0.288. The summed E-state index contributed by atoms with van der Waals surface area (Å²) in [6, 6.07) is 32.9. The number of morpholine rings is 2. The molecule has 2 saturated heterocycles. The first-order valence-electron chi connectivity index (χ1n) is 13.1. The van der Waals surface area contributed by atoms with E-state index in [0.717, 1.165) is 43.2 Å². The number of rotatable bonds is 7. The summed E-state index contributed by atoms with van der Waals surface area (Å²) in [4.78, 5) is 19.6. The van der Waals surface area contributed by atoms with Crippen molar-refractivity contribution in [2.45, 2.75) is 5.16 Å². The van der Waals surface area contributed by atoms with Crippen LogP contribution in [0.15, 0.2) is 96.2 Å². The first-order valence-corrected chi connectivity index (χ1v) is 21.7. The molecular formula is C29H31N5O2SSn. The summed E-state index contributed by atoms with van der Waals surface area (Å²) in [7, 11) is 1.88. The monoisotopic (exact) mass is 633 g/mol. The molecule has 6 rings (SSSR count). The van der Waals surface area contributed by atoms with Gasteiger partial charge in [-0.3, -0.25) is 0 Å². The van der Waals surface area contributed by atoms with Crippen LogP contribution in [0.5, 0.6) is 0 Å². The molecule has 0 amide bonds. The van der Waals surface area contributed by atoms with E-state index in [-0.39, 0.29) is 0 Å². The summed E-state index contributed by atoms with van der Waals surface area (Å²) < 4.78 is 15.4. The molecule has 0 saturated carbocycles. The van der Waals surface area contributed by atoms with Gasteiger partial charge in [-0.15, -0.1) is 0 Å². The van der Waals surface area contributed by atoms with Gasteiger partial charge in [0.25, 0.3) is 0 Å². The van der Waals surface area contributed by atoms with Crippen LogP contribution < -0.4 is 20.5 Å². The van der Waals surface area contributed by atoms with Crippen LogP contribution in [0.4, 0.5) is 11.9 Å². The van der Waals surface area contributed by atoms with E-state index < -0.39 is 17.0 Å². The summed E-state index contributed by atoms with van der Waals surface area (Å²) >= 11 is -3.69. The Hall–Kier alpha value is -2.66. The zero-order valence-electron chi connectivity index (χ0n) is 21.3. The molecule has 0 aliphatic carbocycles. The van der Waals surface area contributed by atoms with Gasteiger partial charge in [-0.2, -0.15) is 0 Å². The summed E-state index contributed by atoms with van der Waals surface area (Å²) in [5, 5.41) is 0.787. The van der Waals surface area contributed by atoms with Crippen LogP contribution in [0.1, 0.15) is 0 Å². The molecule has 4 aromatic rings. The number of hydrogen-bond donors (Lipinski definition) is 0. The van der Waals surface area contributed by atoms with Gasteiger partial charge in [-0.1, -0.05) is 0 Å². The zero-order valence-corrected chi connectivity index (χ0v) is 24.9. The molecule has 2 fully saturated rings. The minimum atomic E-state index is -3.69. The van der Waals surface area contributed by atoms with Gasteiger partial charge in [-0.25, -0.2) is 0 Å². The fourth-order valence-corrected chi connectivity index (χ4v) is 23.3. The van der Waals surface area contributed by atoms with Gasteiger partial charge >= 0.3 is 232 Å². The van der Waals surface area contributed by atoms with Crippen LogP contribution in [0.2, 0.25) is 0 Å². The molecule has 2 aliphatic heterocycles. The van der Waals surface area contributed by atoms with Crippen molar-refractivity contribution in [2.24, 2.45) is 0 Å². The Labute approximate surface area is 230 Å². The van der Waals surface area contributed by atoms with E-state index >= 15 is 0 Å². The molecule has 0 bridgehead atoms. The van der Waals surface area contributed by atoms with E-state index in [2.05, 4.69) is 101 Å². The van der Waals surface area contributed by atoms with E-state index in [9.17, 15) is 0 Å². The predicted octanol–water partition coefficient (Wildman–Crippen LogP) is 2.30. The normalized spacial score (nSPS) is 16.4. The fourth-order valence-electron chi connectivity index (χ4n) is 5.02. The van der Waals surface area contributed by atoms with E-state index in [1.807, 2.05) is 8.95 Å². The molecule has 2 aliphatic rings. The molecule has 0 spiro atoms. The Bertz CT molecular complexity index is 1190. The first kappa shape index (κ1) is 25.6. The Morgan fingerprint density at radius 1 is 0.526 bits per heavy atom. The van der Waals surface area contributed by atoms with Crippen LogP contribution >= 0.6 is 8.95 Å². The number of nitrogens with zero attached hydrogens (tertiary/aromatic N) is 5. The molecular weight excluding hydrogens is 601 g/mol. The van der Waals surface area contributed by atoms with Crippen molar-refractivity contribution in [3.8, 4) is 0 Å². The van der Waals surface area contributed by atoms with Crippen molar-refractivity contribution in [2.75, 3.05) is 62.4 Å².